The minimum absolute atomic E-state index is 0.123. The lowest BCUT2D eigenvalue weighted by molar-refractivity contribution is -0.124. The van der Waals surface area contributed by atoms with E-state index in [4.69, 9.17) is 0 Å². The van der Waals surface area contributed by atoms with Crippen molar-refractivity contribution in [2.45, 2.75) is 39.2 Å². The predicted octanol–water partition coefficient (Wildman–Crippen LogP) is 1.96. The Hall–Kier alpha value is -2.70. The Bertz CT molecular complexity index is 654. The van der Waals surface area contributed by atoms with Crippen LogP contribution in [-0.2, 0) is 16.0 Å². The molecular weight excluding hydrogens is 294 g/mol. The molecule has 2 aromatic rings. The van der Waals surface area contributed by atoms with Gasteiger partial charge < -0.3 is 10.6 Å². The van der Waals surface area contributed by atoms with Crippen LogP contribution in [0, 0.1) is 0 Å². The summed E-state index contributed by atoms with van der Waals surface area (Å²) in [6.07, 6.45) is 2.55. The molecule has 0 aliphatic heterocycles. The summed E-state index contributed by atoms with van der Waals surface area (Å²) in [5.74, 6) is 0.200. The number of nitrogens with one attached hydrogen (secondary N) is 3. The van der Waals surface area contributed by atoms with Gasteiger partial charge in [0.2, 0.25) is 11.8 Å². The molecule has 0 fully saturated rings. The molecule has 23 heavy (non-hydrogen) atoms. The van der Waals surface area contributed by atoms with Crippen molar-refractivity contribution in [2.75, 3.05) is 5.32 Å². The van der Waals surface area contributed by atoms with Gasteiger partial charge in [0.05, 0.1) is 6.04 Å². The summed E-state index contributed by atoms with van der Waals surface area (Å²) in [4.78, 5) is 27.7. The van der Waals surface area contributed by atoms with E-state index in [1.54, 1.807) is 6.92 Å². The molecule has 1 heterocycles. The number of rotatable bonds is 7. The van der Waals surface area contributed by atoms with Crippen LogP contribution in [0.1, 0.15) is 44.1 Å². The molecule has 2 rings (SSSR count). The Balaban J connectivity index is 1.76. The van der Waals surface area contributed by atoms with Crippen molar-refractivity contribution in [3.8, 4) is 0 Å². The van der Waals surface area contributed by atoms with E-state index in [0.29, 0.717) is 5.82 Å². The summed E-state index contributed by atoms with van der Waals surface area (Å²) in [6, 6.07) is 7.41. The second kappa shape index (κ2) is 8.07. The maximum Gasteiger partial charge on any atom is 0.224 e. The van der Waals surface area contributed by atoms with Gasteiger partial charge in [-0.05, 0) is 31.0 Å². The van der Waals surface area contributed by atoms with Gasteiger partial charge in [-0.15, -0.1) is 0 Å². The average molecular weight is 315 g/mol. The van der Waals surface area contributed by atoms with Gasteiger partial charge in [0.25, 0.3) is 0 Å². The summed E-state index contributed by atoms with van der Waals surface area (Å²) in [5, 5.41) is 12.0. The van der Waals surface area contributed by atoms with E-state index in [1.165, 1.54) is 6.33 Å². The fourth-order valence-corrected chi connectivity index (χ4v) is 2.13. The standard InChI is InChI=1S/C16H21N5O2/c1-3-12-5-4-6-13(9-12)20-15(23)8-7-14(22)19-11(2)16-17-10-18-21-16/h4-6,9-11H,3,7-8H2,1-2H3,(H,19,22)(H,20,23)(H,17,18,21). The fraction of sp³-hybridized carbons (Fsp3) is 0.375. The average Bonchev–Trinajstić information content (AvgIpc) is 3.07. The van der Waals surface area contributed by atoms with Gasteiger partial charge in [0.15, 0.2) is 0 Å². The normalized spacial score (nSPS) is 11.7. The van der Waals surface area contributed by atoms with Crippen molar-refractivity contribution in [2.24, 2.45) is 0 Å². The highest BCUT2D eigenvalue weighted by molar-refractivity contribution is 5.93. The van der Waals surface area contributed by atoms with E-state index in [2.05, 4.69) is 32.7 Å². The number of hydrogen-bond acceptors (Lipinski definition) is 4. The van der Waals surface area contributed by atoms with Gasteiger partial charge in [0.1, 0.15) is 12.2 Å². The third-order valence-electron chi connectivity index (χ3n) is 3.42. The zero-order valence-corrected chi connectivity index (χ0v) is 13.3. The van der Waals surface area contributed by atoms with Crippen molar-refractivity contribution in [3.63, 3.8) is 0 Å². The second-order valence-corrected chi connectivity index (χ2v) is 5.26. The molecule has 1 aromatic heterocycles. The number of nitrogens with zero attached hydrogens (tertiary/aromatic N) is 2. The number of aromatic nitrogens is 3. The highest BCUT2D eigenvalue weighted by Gasteiger charge is 2.13. The molecule has 0 saturated heterocycles. The van der Waals surface area contributed by atoms with Gasteiger partial charge in [0, 0.05) is 18.5 Å². The summed E-state index contributed by atoms with van der Waals surface area (Å²) < 4.78 is 0. The number of hydrogen-bond donors (Lipinski definition) is 3. The molecule has 2 amide bonds. The number of H-pyrrole nitrogens is 1. The number of anilines is 1. The van der Waals surface area contributed by atoms with E-state index >= 15 is 0 Å². The minimum atomic E-state index is -0.269. The quantitative estimate of drug-likeness (QED) is 0.727. The van der Waals surface area contributed by atoms with Crippen LogP contribution < -0.4 is 10.6 Å². The van der Waals surface area contributed by atoms with Crippen molar-refractivity contribution in [1.82, 2.24) is 20.5 Å². The number of benzene rings is 1. The van der Waals surface area contributed by atoms with Crippen LogP contribution in [0.2, 0.25) is 0 Å². The van der Waals surface area contributed by atoms with E-state index in [9.17, 15) is 9.59 Å². The molecule has 1 aromatic carbocycles. The van der Waals surface area contributed by atoms with Gasteiger partial charge in [-0.3, -0.25) is 14.7 Å². The largest absolute Gasteiger partial charge is 0.346 e. The molecule has 0 spiro atoms. The monoisotopic (exact) mass is 315 g/mol. The molecule has 0 bridgehead atoms. The van der Waals surface area contributed by atoms with Crippen LogP contribution in [0.3, 0.4) is 0 Å². The Kier molecular flexibility index (Phi) is 5.85. The van der Waals surface area contributed by atoms with E-state index in [0.717, 1.165) is 17.7 Å². The van der Waals surface area contributed by atoms with Crippen LogP contribution >= 0.6 is 0 Å². The highest BCUT2D eigenvalue weighted by atomic mass is 16.2. The number of aryl methyl sites for hydroxylation is 1. The zero-order valence-electron chi connectivity index (χ0n) is 13.3. The third-order valence-corrected chi connectivity index (χ3v) is 3.42. The molecule has 1 unspecified atom stereocenters. The lowest BCUT2D eigenvalue weighted by Gasteiger charge is -2.11. The first-order valence-corrected chi connectivity index (χ1v) is 7.62. The molecular formula is C16H21N5O2. The van der Waals surface area contributed by atoms with Crippen molar-refractivity contribution in [3.05, 3.63) is 42.0 Å². The first-order valence-electron chi connectivity index (χ1n) is 7.62. The maximum atomic E-state index is 11.9. The maximum absolute atomic E-state index is 11.9. The molecule has 0 radical (unpaired) electrons. The molecule has 0 aliphatic rings. The van der Waals surface area contributed by atoms with Gasteiger partial charge in [-0.25, -0.2) is 4.98 Å². The highest BCUT2D eigenvalue weighted by Crippen LogP contribution is 2.12. The van der Waals surface area contributed by atoms with Crippen LogP contribution in [-0.4, -0.2) is 27.0 Å². The molecule has 122 valence electrons. The van der Waals surface area contributed by atoms with E-state index < -0.39 is 0 Å². The first-order chi connectivity index (χ1) is 11.1. The summed E-state index contributed by atoms with van der Waals surface area (Å²) in [6.45, 7) is 3.86. The minimum Gasteiger partial charge on any atom is -0.346 e. The molecule has 0 aliphatic carbocycles. The van der Waals surface area contributed by atoms with E-state index in [1.807, 2.05) is 24.3 Å². The van der Waals surface area contributed by atoms with Gasteiger partial charge in [-0.2, -0.15) is 5.10 Å². The van der Waals surface area contributed by atoms with Gasteiger partial charge in [-0.1, -0.05) is 19.1 Å². The van der Waals surface area contributed by atoms with Crippen LogP contribution in [0.4, 0.5) is 5.69 Å². The van der Waals surface area contributed by atoms with E-state index in [-0.39, 0.29) is 30.7 Å². The van der Waals surface area contributed by atoms with Crippen molar-refractivity contribution < 1.29 is 9.59 Å². The first kappa shape index (κ1) is 16.7. The smallest absolute Gasteiger partial charge is 0.224 e. The molecule has 1 atom stereocenters. The number of aromatic amines is 1. The Labute approximate surface area is 134 Å². The van der Waals surface area contributed by atoms with Crippen molar-refractivity contribution >= 4 is 17.5 Å². The van der Waals surface area contributed by atoms with Gasteiger partial charge >= 0.3 is 0 Å². The van der Waals surface area contributed by atoms with Crippen LogP contribution in [0.25, 0.3) is 0 Å². The Morgan fingerprint density at radius 1 is 1.26 bits per heavy atom. The molecule has 0 saturated carbocycles. The SMILES string of the molecule is CCc1cccc(NC(=O)CCC(=O)NC(C)c2ncn[nH]2)c1. The fourth-order valence-electron chi connectivity index (χ4n) is 2.13. The molecule has 7 nitrogen and oxygen atoms in total. The van der Waals surface area contributed by atoms with Crippen LogP contribution in [0.15, 0.2) is 30.6 Å². The Morgan fingerprint density at radius 2 is 2.04 bits per heavy atom. The molecule has 7 heteroatoms. The third kappa shape index (κ3) is 5.21. The summed E-state index contributed by atoms with van der Waals surface area (Å²) in [7, 11) is 0. The second-order valence-electron chi connectivity index (χ2n) is 5.26. The van der Waals surface area contributed by atoms with Crippen LogP contribution in [0.5, 0.6) is 0 Å². The number of carbonyl (C=O) groups excluding carboxylic acids is 2. The molecule has 3 N–H and O–H groups in total. The lowest BCUT2D eigenvalue weighted by atomic mass is 10.1. The summed E-state index contributed by atoms with van der Waals surface area (Å²) >= 11 is 0. The summed E-state index contributed by atoms with van der Waals surface area (Å²) in [5.41, 5.74) is 1.91. The lowest BCUT2D eigenvalue weighted by Crippen LogP contribution is -2.28. The topological polar surface area (TPSA) is 99.8 Å². The number of amides is 2. The zero-order chi connectivity index (χ0) is 16.7. The Morgan fingerprint density at radius 3 is 2.74 bits per heavy atom. The number of carbonyl (C=O) groups is 2. The predicted molar refractivity (Wildman–Crippen MR) is 86.6 cm³/mol. The van der Waals surface area contributed by atoms with Crippen molar-refractivity contribution in [1.29, 1.82) is 0 Å².